The van der Waals surface area contributed by atoms with Crippen molar-refractivity contribution in [1.29, 1.82) is 0 Å². The molecule has 3 rings (SSSR count). The first kappa shape index (κ1) is 28.4. The molecule has 1 aliphatic heterocycles. The van der Waals surface area contributed by atoms with Crippen LogP contribution in [-0.4, -0.2) is 77.3 Å². The Bertz CT molecular complexity index is 975. The van der Waals surface area contributed by atoms with Crippen LogP contribution in [0.2, 0.25) is 0 Å². The number of esters is 1. The Labute approximate surface area is 216 Å². The molecule has 7 heteroatoms. The van der Waals surface area contributed by atoms with Gasteiger partial charge in [-0.25, -0.2) is 0 Å². The molecule has 200 valence electrons. The first-order valence-corrected chi connectivity index (χ1v) is 13.5. The number of pyridine rings is 1. The van der Waals surface area contributed by atoms with Crippen LogP contribution in [0.4, 0.5) is 0 Å². The largest absolute Gasteiger partial charge is 0.497 e. The van der Waals surface area contributed by atoms with E-state index < -0.39 is 11.7 Å². The number of aromatic nitrogens is 1. The van der Waals surface area contributed by atoms with Crippen molar-refractivity contribution in [2.45, 2.75) is 84.0 Å². The van der Waals surface area contributed by atoms with Gasteiger partial charge in [-0.3, -0.25) is 19.6 Å². The number of aliphatic hydroxyl groups is 1. The number of carbonyl (C=O) groups excluding carboxylic acids is 1. The maximum Gasteiger partial charge on any atom is 0.323 e. The SMILES string of the molecule is CCCCCCCN1CCN(CC(O)c2ccnc3ccc(OC)cc23)CCC1C(=O)OC(C)(C)C. The van der Waals surface area contributed by atoms with Crippen molar-refractivity contribution in [3.8, 4) is 5.75 Å². The number of unbranched alkanes of at least 4 members (excludes halogenated alkanes) is 4. The number of methoxy groups -OCH3 is 1. The highest BCUT2D eigenvalue weighted by molar-refractivity contribution is 5.83. The molecule has 1 aliphatic rings. The molecule has 2 atom stereocenters. The highest BCUT2D eigenvalue weighted by Crippen LogP contribution is 2.28. The van der Waals surface area contributed by atoms with Gasteiger partial charge in [0.05, 0.1) is 18.7 Å². The first-order chi connectivity index (χ1) is 17.2. The van der Waals surface area contributed by atoms with E-state index in [0.29, 0.717) is 13.0 Å². The van der Waals surface area contributed by atoms with E-state index in [4.69, 9.17) is 9.47 Å². The molecule has 0 bridgehead atoms. The van der Waals surface area contributed by atoms with Gasteiger partial charge in [0.25, 0.3) is 0 Å². The van der Waals surface area contributed by atoms with Crippen LogP contribution in [0.15, 0.2) is 30.5 Å². The van der Waals surface area contributed by atoms with E-state index in [1.807, 2.05) is 45.0 Å². The van der Waals surface area contributed by atoms with Gasteiger partial charge in [-0.2, -0.15) is 0 Å². The molecular formula is C29H45N3O4. The van der Waals surface area contributed by atoms with Crippen molar-refractivity contribution in [2.24, 2.45) is 0 Å². The fraction of sp³-hybridized carbons (Fsp3) is 0.655. The van der Waals surface area contributed by atoms with Crippen molar-refractivity contribution < 1.29 is 19.4 Å². The van der Waals surface area contributed by atoms with Crippen molar-refractivity contribution in [3.63, 3.8) is 0 Å². The molecule has 2 heterocycles. The van der Waals surface area contributed by atoms with E-state index >= 15 is 0 Å². The number of nitrogens with zero attached hydrogens (tertiary/aromatic N) is 3. The van der Waals surface area contributed by atoms with E-state index in [9.17, 15) is 9.90 Å². The summed E-state index contributed by atoms with van der Waals surface area (Å²) in [6.45, 7) is 11.7. The van der Waals surface area contributed by atoms with Gasteiger partial charge in [0, 0.05) is 37.8 Å². The summed E-state index contributed by atoms with van der Waals surface area (Å²) in [5.74, 6) is 0.610. The van der Waals surface area contributed by atoms with Crippen LogP contribution >= 0.6 is 0 Å². The number of hydrogen-bond donors (Lipinski definition) is 1. The molecule has 36 heavy (non-hydrogen) atoms. The second kappa shape index (κ2) is 13.4. The smallest absolute Gasteiger partial charge is 0.323 e. The van der Waals surface area contributed by atoms with Gasteiger partial charge in [-0.05, 0) is 70.0 Å². The Balaban J connectivity index is 1.69. The molecule has 0 amide bonds. The highest BCUT2D eigenvalue weighted by atomic mass is 16.6. The monoisotopic (exact) mass is 499 g/mol. The number of fused-ring (bicyclic) bond motifs is 1. The average Bonchev–Trinajstić information content (AvgIpc) is 3.04. The van der Waals surface area contributed by atoms with Gasteiger partial charge in [0.1, 0.15) is 17.4 Å². The number of benzene rings is 1. The van der Waals surface area contributed by atoms with Crippen molar-refractivity contribution in [3.05, 3.63) is 36.0 Å². The lowest BCUT2D eigenvalue weighted by atomic mass is 10.0. The molecule has 1 aromatic carbocycles. The predicted molar refractivity (Wildman–Crippen MR) is 144 cm³/mol. The summed E-state index contributed by atoms with van der Waals surface area (Å²) in [7, 11) is 1.64. The van der Waals surface area contributed by atoms with Crippen molar-refractivity contribution >= 4 is 16.9 Å². The first-order valence-electron chi connectivity index (χ1n) is 13.5. The van der Waals surface area contributed by atoms with E-state index in [1.54, 1.807) is 13.3 Å². The Morgan fingerprint density at radius 1 is 1.14 bits per heavy atom. The minimum absolute atomic E-state index is 0.134. The molecule has 0 spiro atoms. The number of aliphatic hydroxyl groups excluding tert-OH is 1. The third-order valence-corrected chi connectivity index (χ3v) is 6.86. The number of β-amino-alcohol motifs (C(OH)–C–C–N with tert-alkyl or cyclic N) is 1. The van der Waals surface area contributed by atoms with Gasteiger partial charge in [0.2, 0.25) is 0 Å². The molecule has 2 unspecified atom stereocenters. The molecule has 0 aliphatic carbocycles. The van der Waals surface area contributed by atoms with Crippen LogP contribution < -0.4 is 4.74 Å². The lowest BCUT2D eigenvalue weighted by Gasteiger charge is -2.30. The fourth-order valence-electron chi connectivity index (χ4n) is 4.94. The molecule has 1 fully saturated rings. The number of hydrogen-bond acceptors (Lipinski definition) is 7. The number of ether oxygens (including phenoxy) is 2. The third kappa shape index (κ3) is 8.15. The predicted octanol–water partition coefficient (Wildman–Crippen LogP) is 4.97. The van der Waals surface area contributed by atoms with Gasteiger partial charge in [-0.15, -0.1) is 0 Å². The van der Waals surface area contributed by atoms with Crippen LogP contribution in [0.25, 0.3) is 10.9 Å². The Morgan fingerprint density at radius 3 is 2.64 bits per heavy atom. The summed E-state index contributed by atoms with van der Waals surface area (Å²) < 4.78 is 11.2. The highest BCUT2D eigenvalue weighted by Gasteiger charge is 2.33. The second-order valence-electron chi connectivity index (χ2n) is 10.9. The van der Waals surface area contributed by atoms with Crippen LogP contribution in [0.5, 0.6) is 5.75 Å². The lowest BCUT2D eigenvalue weighted by Crippen LogP contribution is -2.45. The Morgan fingerprint density at radius 2 is 1.92 bits per heavy atom. The van der Waals surface area contributed by atoms with Crippen LogP contribution in [0.3, 0.4) is 0 Å². The summed E-state index contributed by atoms with van der Waals surface area (Å²) in [5.41, 5.74) is 1.18. The van der Waals surface area contributed by atoms with E-state index in [2.05, 4.69) is 21.7 Å². The molecule has 0 saturated carbocycles. The second-order valence-corrected chi connectivity index (χ2v) is 10.9. The van der Waals surface area contributed by atoms with Crippen molar-refractivity contribution in [1.82, 2.24) is 14.8 Å². The average molecular weight is 500 g/mol. The lowest BCUT2D eigenvalue weighted by molar-refractivity contribution is -0.161. The van der Waals surface area contributed by atoms with Crippen LogP contribution in [0.1, 0.15) is 77.9 Å². The van der Waals surface area contributed by atoms with E-state index in [-0.39, 0.29) is 12.0 Å². The fourth-order valence-corrected chi connectivity index (χ4v) is 4.94. The number of rotatable bonds is 11. The zero-order chi connectivity index (χ0) is 26.1. The van der Waals surface area contributed by atoms with E-state index in [1.165, 1.54) is 25.7 Å². The zero-order valence-electron chi connectivity index (χ0n) is 22.8. The Hall–Kier alpha value is -2.22. The summed E-state index contributed by atoms with van der Waals surface area (Å²) in [4.78, 5) is 22.1. The minimum atomic E-state index is -0.664. The molecule has 1 saturated heterocycles. The van der Waals surface area contributed by atoms with Crippen molar-refractivity contribution in [2.75, 3.05) is 39.8 Å². The molecular weight excluding hydrogens is 454 g/mol. The molecule has 1 aromatic heterocycles. The Kier molecular flexibility index (Phi) is 10.5. The quantitative estimate of drug-likeness (QED) is 0.346. The summed E-state index contributed by atoms with van der Waals surface area (Å²) >= 11 is 0. The zero-order valence-corrected chi connectivity index (χ0v) is 22.8. The number of carbonyl (C=O) groups is 1. The molecule has 1 N–H and O–H groups in total. The third-order valence-electron chi connectivity index (χ3n) is 6.86. The molecule has 0 radical (unpaired) electrons. The van der Waals surface area contributed by atoms with Gasteiger partial charge < -0.3 is 14.6 Å². The van der Waals surface area contributed by atoms with E-state index in [0.717, 1.165) is 54.8 Å². The topological polar surface area (TPSA) is 75.1 Å². The summed E-state index contributed by atoms with van der Waals surface area (Å²) in [6, 6.07) is 7.37. The summed E-state index contributed by atoms with van der Waals surface area (Å²) in [5, 5.41) is 12.1. The van der Waals surface area contributed by atoms with Gasteiger partial charge in [0.15, 0.2) is 0 Å². The maximum atomic E-state index is 13.1. The minimum Gasteiger partial charge on any atom is -0.497 e. The van der Waals surface area contributed by atoms with Crippen LogP contribution in [-0.2, 0) is 9.53 Å². The maximum absolute atomic E-state index is 13.1. The van der Waals surface area contributed by atoms with Gasteiger partial charge in [-0.1, -0.05) is 32.6 Å². The molecule has 7 nitrogen and oxygen atoms in total. The van der Waals surface area contributed by atoms with Gasteiger partial charge >= 0.3 is 5.97 Å². The molecule has 2 aromatic rings. The summed E-state index contributed by atoms with van der Waals surface area (Å²) in [6.07, 6.45) is 7.78. The van der Waals surface area contributed by atoms with Crippen LogP contribution in [0, 0.1) is 0 Å². The standard InChI is InChI=1S/C29H45N3O4/c1-6-7-8-9-10-16-32-19-18-31(17-14-26(32)28(34)36-29(2,3)4)21-27(33)23-13-15-30-25-12-11-22(35-5)20-24(23)25/h11-13,15,20,26-27,33H,6-10,14,16-19,21H2,1-5H3. The normalized spacial score (nSPS) is 18.7.